The monoisotopic (exact) mass is 527 g/mol. The average Bonchev–Trinajstić information content (AvgIpc) is 2.85. The van der Waals surface area contributed by atoms with Gasteiger partial charge in [0.05, 0.1) is 18.2 Å². The van der Waals surface area contributed by atoms with Crippen LogP contribution in [0.15, 0.2) is 73.1 Å². The molecule has 1 aliphatic heterocycles. The van der Waals surface area contributed by atoms with Crippen LogP contribution in [0.1, 0.15) is 41.5 Å². The van der Waals surface area contributed by atoms with Gasteiger partial charge < -0.3 is 15.2 Å². The molecule has 5 nitrogen and oxygen atoms in total. The van der Waals surface area contributed by atoms with Gasteiger partial charge in [-0.1, -0.05) is 41.4 Å². The highest BCUT2D eigenvalue weighted by molar-refractivity contribution is 7.59. The Morgan fingerprint density at radius 1 is 1.09 bits per heavy atom. The summed E-state index contributed by atoms with van der Waals surface area (Å²) in [6, 6.07) is 19.2. The van der Waals surface area contributed by atoms with Gasteiger partial charge >= 0.3 is 0 Å². The lowest BCUT2D eigenvalue weighted by Crippen LogP contribution is -2.48. The van der Waals surface area contributed by atoms with Crippen LogP contribution in [0.25, 0.3) is 10.9 Å². The van der Waals surface area contributed by atoms with Gasteiger partial charge in [-0.2, -0.15) is 13.5 Å². The second kappa shape index (κ2) is 10.7. The van der Waals surface area contributed by atoms with E-state index >= 15 is 0 Å². The predicted molar refractivity (Wildman–Crippen MR) is 146 cm³/mol. The third-order valence-corrected chi connectivity index (χ3v) is 7.09. The number of aliphatic hydroxyl groups is 1. The molecule has 5 rings (SSSR count). The van der Waals surface area contributed by atoms with Crippen molar-refractivity contribution in [2.45, 2.75) is 30.4 Å². The number of piperidine rings is 1. The molecule has 2 aromatic carbocycles. The molecule has 0 amide bonds. The van der Waals surface area contributed by atoms with E-state index in [9.17, 15) is 5.11 Å². The molecule has 0 saturated carbocycles. The number of hydrogen-bond donors (Lipinski definition) is 2. The van der Waals surface area contributed by atoms with E-state index in [0.717, 1.165) is 27.6 Å². The first kappa shape index (κ1) is 25.7. The SMILES string of the molecule is COc1nc2ccc(Cl)cc2cc1C(c1ccc(Cl)cc1)C1(O)CCNC(c2cccnc2)C1.S. The number of ether oxygens (including phenoxy) is 1. The third kappa shape index (κ3) is 5.27. The van der Waals surface area contributed by atoms with Crippen LogP contribution in [-0.4, -0.2) is 34.3 Å². The minimum absolute atomic E-state index is 0. The minimum Gasteiger partial charge on any atom is -0.481 e. The summed E-state index contributed by atoms with van der Waals surface area (Å²) in [5.74, 6) is 0.0940. The standard InChI is InChI=1S/C27H25Cl2N3O2.H2S/c1-34-26-22(14-19-13-21(29)8-9-23(19)32-26)25(17-4-6-20(28)7-5-17)27(33)10-12-31-24(15-27)18-3-2-11-30-16-18;/h2-9,11,13-14,16,24-25,31,33H,10,12,15H2,1H3;1H2. The summed E-state index contributed by atoms with van der Waals surface area (Å²) >= 11 is 12.5. The van der Waals surface area contributed by atoms with Crippen molar-refractivity contribution in [3.63, 3.8) is 0 Å². The van der Waals surface area contributed by atoms with Crippen molar-refractivity contribution >= 4 is 47.6 Å². The normalized spacial score (nSPS) is 20.7. The lowest BCUT2D eigenvalue weighted by molar-refractivity contribution is -0.0196. The zero-order valence-electron chi connectivity index (χ0n) is 19.2. The lowest BCUT2D eigenvalue weighted by atomic mass is 9.70. The number of hydrogen-bond acceptors (Lipinski definition) is 5. The van der Waals surface area contributed by atoms with E-state index in [1.54, 1.807) is 13.3 Å². The van der Waals surface area contributed by atoms with Crippen LogP contribution in [0.4, 0.5) is 0 Å². The highest BCUT2D eigenvalue weighted by atomic mass is 35.5. The van der Waals surface area contributed by atoms with Crippen molar-refractivity contribution in [1.29, 1.82) is 0 Å². The Hall–Kier alpha value is -2.35. The number of halogens is 2. The summed E-state index contributed by atoms with van der Waals surface area (Å²) in [6.07, 6.45) is 4.67. The highest BCUT2D eigenvalue weighted by Gasteiger charge is 2.44. The molecule has 4 aromatic rings. The Bertz CT molecular complexity index is 1310. The van der Waals surface area contributed by atoms with Gasteiger partial charge in [0.25, 0.3) is 0 Å². The van der Waals surface area contributed by atoms with E-state index in [4.69, 9.17) is 32.9 Å². The maximum absolute atomic E-state index is 12.3. The first-order valence-corrected chi connectivity index (χ1v) is 12.0. The number of rotatable bonds is 5. The summed E-state index contributed by atoms with van der Waals surface area (Å²) in [5.41, 5.74) is 2.52. The second-order valence-electron chi connectivity index (χ2n) is 8.76. The predicted octanol–water partition coefficient (Wildman–Crippen LogP) is 6.05. The van der Waals surface area contributed by atoms with Crippen molar-refractivity contribution in [2.24, 2.45) is 0 Å². The summed E-state index contributed by atoms with van der Waals surface area (Å²) in [7, 11) is 1.61. The summed E-state index contributed by atoms with van der Waals surface area (Å²) in [4.78, 5) is 9.03. The van der Waals surface area contributed by atoms with E-state index < -0.39 is 11.5 Å². The molecule has 1 fully saturated rings. The lowest BCUT2D eigenvalue weighted by Gasteiger charge is -2.43. The Labute approximate surface area is 221 Å². The van der Waals surface area contributed by atoms with E-state index in [0.29, 0.717) is 35.3 Å². The Morgan fingerprint density at radius 3 is 2.57 bits per heavy atom. The van der Waals surface area contributed by atoms with Gasteiger partial charge in [0.1, 0.15) is 0 Å². The van der Waals surface area contributed by atoms with Gasteiger partial charge in [0, 0.05) is 45.3 Å². The van der Waals surface area contributed by atoms with Crippen LogP contribution < -0.4 is 10.1 Å². The summed E-state index contributed by atoms with van der Waals surface area (Å²) in [6.45, 7) is 0.662. The smallest absolute Gasteiger partial charge is 0.217 e. The Morgan fingerprint density at radius 2 is 1.86 bits per heavy atom. The van der Waals surface area contributed by atoms with Crippen molar-refractivity contribution in [3.8, 4) is 5.88 Å². The molecule has 0 aliphatic carbocycles. The molecule has 1 saturated heterocycles. The van der Waals surface area contributed by atoms with Crippen LogP contribution in [0.3, 0.4) is 0 Å². The topological polar surface area (TPSA) is 67.3 Å². The molecular weight excluding hydrogens is 501 g/mol. The van der Waals surface area contributed by atoms with Gasteiger partial charge in [-0.3, -0.25) is 4.98 Å². The van der Waals surface area contributed by atoms with E-state index in [1.807, 2.05) is 66.9 Å². The second-order valence-corrected chi connectivity index (χ2v) is 9.63. The van der Waals surface area contributed by atoms with Crippen molar-refractivity contribution < 1.29 is 9.84 Å². The summed E-state index contributed by atoms with van der Waals surface area (Å²) in [5, 5.41) is 18.0. The summed E-state index contributed by atoms with van der Waals surface area (Å²) < 4.78 is 5.75. The molecule has 0 bridgehead atoms. The van der Waals surface area contributed by atoms with Gasteiger partial charge in [-0.25, -0.2) is 4.98 Å². The number of aromatic nitrogens is 2. The van der Waals surface area contributed by atoms with Crippen molar-refractivity contribution in [3.05, 3.63) is 99.8 Å². The van der Waals surface area contributed by atoms with Gasteiger partial charge in [-0.15, -0.1) is 0 Å². The highest BCUT2D eigenvalue weighted by Crippen LogP contribution is 2.47. The van der Waals surface area contributed by atoms with Crippen LogP contribution >= 0.6 is 36.7 Å². The molecule has 8 heteroatoms. The molecule has 2 N–H and O–H groups in total. The van der Waals surface area contributed by atoms with E-state index in [1.165, 1.54) is 0 Å². The van der Waals surface area contributed by atoms with Crippen LogP contribution in [0.5, 0.6) is 5.88 Å². The van der Waals surface area contributed by atoms with Gasteiger partial charge in [0.15, 0.2) is 0 Å². The van der Waals surface area contributed by atoms with E-state index in [-0.39, 0.29) is 19.5 Å². The van der Waals surface area contributed by atoms with Crippen LogP contribution in [0, 0.1) is 0 Å². The number of pyridine rings is 2. The van der Waals surface area contributed by atoms with Crippen LogP contribution in [0.2, 0.25) is 10.0 Å². The number of benzene rings is 2. The largest absolute Gasteiger partial charge is 0.481 e. The molecule has 182 valence electrons. The number of nitrogens with zero attached hydrogens (tertiary/aromatic N) is 2. The van der Waals surface area contributed by atoms with Gasteiger partial charge in [0.2, 0.25) is 5.88 Å². The molecule has 3 atom stereocenters. The minimum atomic E-state index is -1.07. The maximum Gasteiger partial charge on any atom is 0.217 e. The molecule has 0 spiro atoms. The fraction of sp³-hybridized carbons (Fsp3) is 0.259. The quantitative estimate of drug-likeness (QED) is 0.330. The Balaban J connectivity index is 0.00000289. The fourth-order valence-electron chi connectivity index (χ4n) is 5.02. The van der Waals surface area contributed by atoms with Gasteiger partial charge in [-0.05, 0) is 73.0 Å². The van der Waals surface area contributed by atoms with E-state index in [2.05, 4.69) is 10.3 Å². The molecule has 35 heavy (non-hydrogen) atoms. The number of nitrogens with one attached hydrogen (secondary N) is 1. The Kier molecular flexibility index (Phi) is 7.89. The first-order valence-electron chi connectivity index (χ1n) is 11.2. The number of methoxy groups -OCH3 is 1. The first-order chi connectivity index (χ1) is 16.5. The third-order valence-electron chi connectivity index (χ3n) is 6.61. The molecular formula is C27H27Cl2N3O2S. The van der Waals surface area contributed by atoms with Crippen molar-refractivity contribution in [1.82, 2.24) is 15.3 Å². The zero-order valence-corrected chi connectivity index (χ0v) is 21.7. The molecule has 3 heterocycles. The molecule has 2 aromatic heterocycles. The number of fused-ring (bicyclic) bond motifs is 1. The zero-order chi connectivity index (χ0) is 23.7. The van der Waals surface area contributed by atoms with Crippen molar-refractivity contribution in [2.75, 3.05) is 13.7 Å². The molecule has 0 radical (unpaired) electrons. The van der Waals surface area contributed by atoms with Crippen LogP contribution in [-0.2, 0) is 0 Å². The molecule has 1 aliphatic rings. The average molecular weight is 529 g/mol. The maximum atomic E-state index is 12.3. The molecule has 3 unspecified atom stereocenters. The fourth-order valence-corrected chi connectivity index (χ4v) is 5.33.